The fraction of sp³-hybridized carbons (Fsp3) is 0.500. The normalized spacial score (nSPS) is 11.2. The van der Waals surface area contributed by atoms with E-state index < -0.39 is 0 Å². The van der Waals surface area contributed by atoms with Crippen molar-refractivity contribution in [3.63, 3.8) is 0 Å². The Labute approximate surface area is 106 Å². The first-order valence-electron chi connectivity index (χ1n) is 5.98. The Morgan fingerprint density at radius 3 is 2.72 bits per heavy atom. The summed E-state index contributed by atoms with van der Waals surface area (Å²) in [5, 5.41) is 7.64. The van der Waals surface area contributed by atoms with Crippen LogP contribution in [0.2, 0.25) is 0 Å². The highest BCUT2D eigenvalue weighted by molar-refractivity contribution is 5.64. The molecular weight excluding hydrogens is 230 g/mol. The monoisotopic (exact) mass is 249 g/mol. The molecule has 0 aliphatic rings. The lowest BCUT2D eigenvalue weighted by Gasteiger charge is -2.12. The van der Waals surface area contributed by atoms with Gasteiger partial charge < -0.3 is 15.5 Å². The summed E-state index contributed by atoms with van der Waals surface area (Å²) < 4.78 is 7.28. The number of anilines is 2. The number of aromatic nitrogens is 3. The van der Waals surface area contributed by atoms with Crippen molar-refractivity contribution < 1.29 is 4.42 Å². The van der Waals surface area contributed by atoms with Gasteiger partial charge >= 0.3 is 0 Å². The summed E-state index contributed by atoms with van der Waals surface area (Å²) in [4.78, 5) is 4.14. The molecule has 2 rings (SSSR count). The predicted octanol–water partition coefficient (Wildman–Crippen LogP) is 2.26. The Morgan fingerprint density at radius 2 is 2.17 bits per heavy atom. The van der Waals surface area contributed by atoms with Crippen molar-refractivity contribution >= 4 is 11.5 Å². The molecule has 0 unspecified atom stereocenters. The molecule has 0 spiro atoms. The second-order valence-corrected chi connectivity index (χ2v) is 4.60. The number of hydrogen-bond donors (Lipinski definition) is 2. The third kappa shape index (κ3) is 2.32. The second kappa shape index (κ2) is 4.72. The van der Waals surface area contributed by atoms with Gasteiger partial charge in [-0.15, -0.1) is 0 Å². The van der Waals surface area contributed by atoms with E-state index in [0.29, 0.717) is 18.1 Å². The number of nitrogens with zero attached hydrogens (tertiary/aromatic N) is 3. The number of nitrogens with one attached hydrogen (secondary N) is 1. The standard InChI is InChI=1S/C12H19N5O/c1-7(2)17-12(11(13)9(4)16-17)15-6-10-14-5-8(3)18-10/h5,7,15H,6,13H2,1-4H3. The van der Waals surface area contributed by atoms with Gasteiger partial charge in [0.15, 0.2) is 0 Å². The van der Waals surface area contributed by atoms with E-state index in [9.17, 15) is 0 Å². The zero-order valence-electron chi connectivity index (χ0n) is 11.2. The highest BCUT2D eigenvalue weighted by Crippen LogP contribution is 2.25. The number of oxazole rings is 1. The number of rotatable bonds is 4. The fourth-order valence-corrected chi connectivity index (χ4v) is 1.75. The van der Waals surface area contributed by atoms with Gasteiger partial charge in [-0.3, -0.25) is 0 Å². The van der Waals surface area contributed by atoms with Crippen LogP contribution in [0.25, 0.3) is 0 Å². The second-order valence-electron chi connectivity index (χ2n) is 4.60. The lowest BCUT2D eigenvalue weighted by atomic mass is 10.3. The molecule has 0 atom stereocenters. The van der Waals surface area contributed by atoms with Gasteiger partial charge in [0, 0.05) is 6.04 Å². The summed E-state index contributed by atoms with van der Waals surface area (Å²) in [6, 6.07) is 0.245. The molecule has 0 aromatic carbocycles. The Bertz CT molecular complexity index is 541. The maximum absolute atomic E-state index is 6.01. The van der Waals surface area contributed by atoms with Gasteiger partial charge in [-0.1, -0.05) is 0 Å². The van der Waals surface area contributed by atoms with E-state index in [0.717, 1.165) is 17.3 Å². The summed E-state index contributed by atoms with van der Waals surface area (Å²) >= 11 is 0. The van der Waals surface area contributed by atoms with Gasteiger partial charge in [0.1, 0.15) is 11.6 Å². The number of nitrogen functional groups attached to an aromatic ring is 1. The third-order valence-corrected chi connectivity index (χ3v) is 2.70. The van der Waals surface area contributed by atoms with Crippen LogP contribution in [0, 0.1) is 13.8 Å². The molecule has 18 heavy (non-hydrogen) atoms. The molecule has 0 radical (unpaired) electrons. The van der Waals surface area contributed by atoms with Crippen LogP contribution in [-0.4, -0.2) is 14.8 Å². The average molecular weight is 249 g/mol. The van der Waals surface area contributed by atoms with Crippen molar-refractivity contribution in [2.75, 3.05) is 11.1 Å². The summed E-state index contributed by atoms with van der Waals surface area (Å²) in [6.07, 6.45) is 1.70. The van der Waals surface area contributed by atoms with Crippen LogP contribution in [0.15, 0.2) is 10.6 Å². The molecule has 0 aliphatic heterocycles. The number of aryl methyl sites for hydroxylation is 2. The number of nitrogens with two attached hydrogens (primary N) is 1. The molecule has 98 valence electrons. The lowest BCUT2D eigenvalue weighted by molar-refractivity contribution is 0.476. The fourth-order valence-electron chi connectivity index (χ4n) is 1.75. The van der Waals surface area contributed by atoms with Gasteiger partial charge in [0.25, 0.3) is 0 Å². The molecule has 6 heteroatoms. The highest BCUT2D eigenvalue weighted by atomic mass is 16.4. The zero-order valence-corrected chi connectivity index (χ0v) is 11.2. The molecule has 0 bridgehead atoms. The molecule has 0 aliphatic carbocycles. The van der Waals surface area contributed by atoms with Crippen molar-refractivity contribution in [1.82, 2.24) is 14.8 Å². The molecule has 6 nitrogen and oxygen atoms in total. The SMILES string of the molecule is Cc1cnc(CNc2c(N)c(C)nn2C(C)C)o1. The summed E-state index contributed by atoms with van der Waals surface area (Å²) in [5.74, 6) is 2.26. The number of hydrogen-bond acceptors (Lipinski definition) is 5. The van der Waals surface area contributed by atoms with Gasteiger partial charge in [-0.25, -0.2) is 9.67 Å². The van der Waals surface area contributed by atoms with E-state index in [2.05, 4.69) is 29.2 Å². The van der Waals surface area contributed by atoms with E-state index in [-0.39, 0.29) is 6.04 Å². The Balaban J connectivity index is 2.18. The molecule has 3 N–H and O–H groups in total. The van der Waals surface area contributed by atoms with Crippen molar-refractivity contribution in [2.24, 2.45) is 0 Å². The Morgan fingerprint density at radius 1 is 1.44 bits per heavy atom. The lowest BCUT2D eigenvalue weighted by Crippen LogP contribution is -2.11. The first kappa shape index (κ1) is 12.5. The molecule has 2 aromatic rings. The summed E-state index contributed by atoms with van der Waals surface area (Å²) in [6.45, 7) is 8.39. The minimum Gasteiger partial charge on any atom is -0.444 e. The molecule has 0 amide bonds. The minimum atomic E-state index is 0.245. The minimum absolute atomic E-state index is 0.245. The van der Waals surface area contributed by atoms with Crippen molar-refractivity contribution in [3.8, 4) is 0 Å². The van der Waals surface area contributed by atoms with Crippen molar-refractivity contribution in [2.45, 2.75) is 40.3 Å². The summed E-state index contributed by atoms with van der Waals surface area (Å²) in [7, 11) is 0. The van der Waals surface area contributed by atoms with Crippen LogP contribution >= 0.6 is 0 Å². The van der Waals surface area contributed by atoms with Crippen LogP contribution in [-0.2, 0) is 6.54 Å². The smallest absolute Gasteiger partial charge is 0.213 e. The average Bonchev–Trinajstić information content (AvgIpc) is 2.83. The van der Waals surface area contributed by atoms with Gasteiger partial charge in [-0.05, 0) is 27.7 Å². The molecule has 2 aromatic heterocycles. The van der Waals surface area contributed by atoms with Gasteiger partial charge in [-0.2, -0.15) is 5.10 Å². The highest BCUT2D eigenvalue weighted by Gasteiger charge is 2.14. The van der Waals surface area contributed by atoms with Crippen LogP contribution in [0.3, 0.4) is 0 Å². The molecule has 2 heterocycles. The first-order chi connectivity index (χ1) is 8.49. The maximum atomic E-state index is 6.01. The summed E-state index contributed by atoms with van der Waals surface area (Å²) in [5.41, 5.74) is 7.52. The maximum Gasteiger partial charge on any atom is 0.213 e. The largest absolute Gasteiger partial charge is 0.444 e. The Kier molecular flexibility index (Phi) is 3.27. The van der Waals surface area contributed by atoms with Gasteiger partial charge in [0.2, 0.25) is 5.89 Å². The molecule has 0 saturated carbocycles. The van der Waals surface area contributed by atoms with Crippen LogP contribution < -0.4 is 11.1 Å². The third-order valence-electron chi connectivity index (χ3n) is 2.70. The predicted molar refractivity (Wildman–Crippen MR) is 70.3 cm³/mol. The first-order valence-corrected chi connectivity index (χ1v) is 5.98. The van der Waals surface area contributed by atoms with Crippen LogP contribution in [0.5, 0.6) is 0 Å². The van der Waals surface area contributed by atoms with Crippen molar-refractivity contribution in [3.05, 3.63) is 23.5 Å². The van der Waals surface area contributed by atoms with Gasteiger partial charge in [0.05, 0.1) is 24.1 Å². The molecule has 0 saturated heterocycles. The topological polar surface area (TPSA) is 81.9 Å². The van der Waals surface area contributed by atoms with Crippen molar-refractivity contribution in [1.29, 1.82) is 0 Å². The van der Waals surface area contributed by atoms with E-state index in [4.69, 9.17) is 10.2 Å². The molecular formula is C12H19N5O. The van der Waals surface area contributed by atoms with Crippen LogP contribution in [0.1, 0.15) is 37.2 Å². The Hall–Kier alpha value is -1.98. The van der Waals surface area contributed by atoms with E-state index in [1.807, 2.05) is 18.5 Å². The van der Waals surface area contributed by atoms with Crippen LogP contribution in [0.4, 0.5) is 11.5 Å². The van der Waals surface area contributed by atoms with E-state index in [1.54, 1.807) is 6.20 Å². The zero-order chi connectivity index (χ0) is 13.3. The quantitative estimate of drug-likeness (QED) is 0.868. The molecule has 0 fully saturated rings. The van der Waals surface area contributed by atoms with E-state index in [1.165, 1.54) is 0 Å². The van der Waals surface area contributed by atoms with E-state index >= 15 is 0 Å².